The number of phenolic OH excluding ortho intramolecular Hbond substituents is 1. The van der Waals surface area contributed by atoms with E-state index in [4.69, 9.17) is 19.3 Å². The van der Waals surface area contributed by atoms with Crippen LogP contribution in [0.5, 0.6) is 23.0 Å². The lowest BCUT2D eigenvalue weighted by molar-refractivity contribution is -0.000525. The number of aliphatic hydroxyl groups is 3. The molecule has 148 valence electrons. The van der Waals surface area contributed by atoms with Gasteiger partial charge >= 0.3 is 0 Å². The number of hydrogen-bond donors (Lipinski definition) is 4. The van der Waals surface area contributed by atoms with Gasteiger partial charge in [-0.05, 0) is 48.2 Å². The Kier molecular flexibility index (Phi) is 7.72. The van der Waals surface area contributed by atoms with Crippen LogP contribution in [-0.2, 0) is 6.42 Å². The predicted molar refractivity (Wildman–Crippen MR) is 99.5 cm³/mol. The lowest BCUT2D eigenvalue weighted by Gasteiger charge is -2.24. The van der Waals surface area contributed by atoms with Crippen LogP contribution in [0.25, 0.3) is 0 Å². The highest BCUT2D eigenvalue weighted by molar-refractivity contribution is 5.44. The molecule has 4 N–H and O–H groups in total. The molecule has 2 aromatic rings. The SMILES string of the molecule is COc1cc([C@@H](O)C(CO)Oc2ccc(CCCO)cc2OC)ccc1O. The maximum absolute atomic E-state index is 10.6. The van der Waals surface area contributed by atoms with Crippen molar-refractivity contribution in [3.63, 3.8) is 0 Å². The minimum absolute atomic E-state index is 0.0462. The molecule has 0 radical (unpaired) electrons. The summed E-state index contributed by atoms with van der Waals surface area (Å²) in [5.41, 5.74) is 1.42. The number of benzene rings is 2. The Morgan fingerprint density at radius 1 is 0.926 bits per heavy atom. The fraction of sp³-hybridized carbons (Fsp3) is 0.400. The average Bonchev–Trinajstić information content (AvgIpc) is 2.70. The molecule has 2 rings (SSSR count). The predicted octanol–water partition coefficient (Wildman–Crippen LogP) is 1.81. The number of aliphatic hydroxyl groups excluding tert-OH is 3. The molecule has 1 unspecified atom stereocenters. The second-order valence-corrected chi connectivity index (χ2v) is 6.03. The number of ether oxygens (including phenoxy) is 3. The largest absolute Gasteiger partial charge is 0.504 e. The summed E-state index contributed by atoms with van der Waals surface area (Å²) in [5, 5.41) is 38.9. The molecule has 0 saturated carbocycles. The van der Waals surface area contributed by atoms with Gasteiger partial charge in [0, 0.05) is 6.61 Å². The first-order valence-corrected chi connectivity index (χ1v) is 8.64. The Hall–Kier alpha value is -2.48. The molecular weight excluding hydrogens is 352 g/mol. The first-order valence-electron chi connectivity index (χ1n) is 8.64. The van der Waals surface area contributed by atoms with Gasteiger partial charge in [-0.15, -0.1) is 0 Å². The molecule has 0 bridgehead atoms. The second-order valence-electron chi connectivity index (χ2n) is 6.03. The van der Waals surface area contributed by atoms with Crippen LogP contribution in [-0.4, -0.2) is 54.0 Å². The quantitative estimate of drug-likeness (QED) is 0.499. The van der Waals surface area contributed by atoms with E-state index in [9.17, 15) is 15.3 Å². The van der Waals surface area contributed by atoms with E-state index in [0.29, 0.717) is 29.9 Å². The van der Waals surface area contributed by atoms with Crippen LogP contribution in [0.2, 0.25) is 0 Å². The van der Waals surface area contributed by atoms with Crippen molar-refractivity contribution < 1.29 is 34.6 Å². The molecular formula is C20H26O7. The molecule has 27 heavy (non-hydrogen) atoms. The lowest BCUT2D eigenvalue weighted by Crippen LogP contribution is -2.29. The van der Waals surface area contributed by atoms with Gasteiger partial charge in [0.2, 0.25) is 0 Å². The first-order chi connectivity index (χ1) is 13.0. The highest BCUT2D eigenvalue weighted by Gasteiger charge is 2.24. The van der Waals surface area contributed by atoms with E-state index in [-0.39, 0.29) is 18.1 Å². The van der Waals surface area contributed by atoms with Crippen molar-refractivity contribution in [1.82, 2.24) is 0 Å². The van der Waals surface area contributed by atoms with E-state index in [0.717, 1.165) is 5.56 Å². The number of hydrogen-bond acceptors (Lipinski definition) is 7. The van der Waals surface area contributed by atoms with Crippen molar-refractivity contribution in [2.75, 3.05) is 27.4 Å². The summed E-state index contributed by atoms with van der Waals surface area (Å²) in [6.45, 7) is -0.324. The molecule has 0 aliphatic heterocycles. The number of aryl methyl sites for hydroxylation is 1. The topological polar surface area (TPSA) is 109 Å². The zero-order chi connectivity index (χ0) is 19.8. The van der Waals surface area contributed by atoms with Crippen molar-refractivity contribution in [1.29, 1.82) is 0 Å². The molecule has 0 fully saturated rings. The van der Waals surface area contributed by atoms with E-state index in [1.54, 1.807) is 12.1 Å². The molecule has 0 amide bonds. The summed E-state index contributed by atoms with van der Waals surface area (Å²) in [6.07, 6.45) is -0.754. The average molecular weight is 378 g/mol. The second kappa shape index (κ2) is 10.0. The van der Waals surface area contributed by atoms with Crippen LogP contribution in [0.3, 0.4) is 0 Å². The zero-order valence-corrected chi connectivity index (χ0v) is 15.5. The van der Waals surface area contributed by atoms with Gasteiger partial charge in [-0.3, -0.25) is 0 Å². The molecule has 0 aromatic heterocycles. The Morgan fingerprint density at radius 3 is 2.30 bits per heavy atom. The fourth-order valence-corrected chi connectivity index (χ4v) is 2.71. The van der Waals surface area contributed by atoms with Crippen molar-refractivity contribution in [3.05, 3.63) is 47.5 Å². The smallest absolute Gasteiger partial charge is 0.161 e. The molecule has 0 saturated heterocycles. The van der Waals surface area contributed by atoms with Crippen LogP contribution in [0.15, 0.2) is 36.4 Å². The Balaban J connectivity index is 2.20. The lowest BCUT2D eigenvalue weighted by atomic mass is 10.0. The number of aromatic hydroxyl groups is 1. The minimum atomic E-state index is -1.15. The van der Waals surface area contributed by atoms with Gasteiger partial charge in [0.1, 0.15) is 6.10 Å². The third-order valence-corrected chi connectivity index (χ3v) is 4.21. The highest BCUT2D eigenvalue weighted by atomic mass is 16.5. The fourth-order valence-electron chi connectivity index (χ4n) is 2.71. The number of rotatable bonds is 10. The monoisotopic (exact) mass is 378 g/mol. The van der Waals surface area contributed by atoms with Crippen molar-refractivity contribution in [3.8, 4) is 23.0 Å². The van der Waals surface area contributed by atoms with E-state index in [1.165, 1.54) is 32.4 Å². The van der Waals surface area contributed by atoms with Crippen LogP contribution in [0, 0.1) is 0 Å². The van der Waals surface area contributed by atoms with Crippen molar-refractivity contribution in [2.45, 2.75) is 25.0 Å². The molecule has 2 aromatic carbocycles. The summed E-state index contributed by atoms with van der Waals surface area (Å²) in [6, 6.07) is 9.78. The maximum atomic E-state index is 10.6. The molecule has 7 heteroatoms. The number of phenols is 1. The standard InChI is InChI=1S/C20H26O7/c1-25-17-11-14(6-7-15(17)23)20(24)19(12-22)27-16-8-5-13(4-3-9-21)10-18(16)26-2/h5-8,10-11,19-24H,3-4,9,12H2,1-2H3/t19?,20-/m1/s1. The summed E-state index contributed by atoms with van der Waals surface area (Å²) in [4.78, 5) is 0. The Morgan fingerprint density at radius 2 is 1.67 bits per heavy atom. The first kappa shape index (κ1) is 20.8. The zero-order valence-electron chi connectivity index (χ0n) is 15.5. The minimum Gasteiger partial charge on any atom is -0.504 e. The van der Waals surface area contributed by atoms with Crippen LogP contribution in [0.4, 0.5) is 0 Å². The van der Waals surface area contributed by atoms with Gasteiger partial charge in [0.15, 0.2) is 29.1 Å². The Bertz CT molecular complexity index is 732. The molecule has 7 nitrogen and oxygen atoms in total. The molecule has 0 heterocycles. The van der Waals surface area contributed by atoms with Crippen LogP contribution >= 0.6 is 0 Å². The van der Waals surface area contributed by atoms with E-state index in [2.05, 4.69) is 0 Å². The van der Waals surface area contributed by atoms with Gasteiger partial charge in [-0.1, -0.05) is 12.1 Å². The van der Waals surface area contributed by atoms with E-state index in [1.807, 2.05) is 6.07 Å². The van der Waals surface area contributed by atoms with Gasteiger partial charge in [-0.2, -0.15) is 0 Å². The molecule has 0 spiro atoms. The van der Waals surface area contributed by atoms with Gasteiger partial charge < -0.3 is 34.6 Å². The third-order valence-electron chi connectivity index (χ3n) is 4.21. The molecule has 2 atom stereocenters. The summed E-state index contributed by atoms with van der Waals surface area (Å²) in [7, 11) is 2.92. The summed E-state index contributed by atoms with van der Waals surface area (Å²) < 4.78 is 16.2. The van der Waals surface area contributed by atoms with E-state index >= 15 is 0 Å². The number of methoxy groups -OCH3 is 2. The molecule has 0 aliphatic rings. The third kappa shape index (κ3) is 5.26. The van der Waals surface area contributed by atoms with Gasteiger partial charge in [0.25, 0.3) is 0 Å². The van der Waals surface area contributed by atoms with Crippen LogP contribution in [0.1, 0.15) is 23.7 Å². The van der Waals surface area contributed by atoms with E-state index < -0.39 is 18.8 Å². The van der Waals surface area contributed by atoms with Gasteiger partial charge in [-0.25, -0.2) is 0 Å². The Labute approximate surface area is 158 Å². The van der Waals surface area contributed by atoms with Crippen molar-refractivity contribution in [2.24, 2.45) is 0 Å². The summed E-state index contributed by atoms with van der Waals surface area (Å²) >= 11 is 0. The van der Waals surface area contributed by atoms with Crippen LogP contribution < -0.4 is 14.2 Å². The van der Waals surface area contributed by atoms with Crippen molar-refractivity contribution >= 4 is 0 Å². The van der Waals surface area contributed by atoms with Gasteiger partial charge in [0.05, 0.1) is 20.8 Å². The maximum Gasteiger partial charge on any atom is 0.161 e. The highest BCUT2D eigenvalue weighted by Crippen LogP contribution is 2.34. The molecule has 0 aliphatic carbocycles. The normalized spacial score (nSPS) is 13.1. The summed E-state index contributed by atoms with van der Waals surface area (Å²) in [5.74, 6) is 1.03.